The molecule has 3 rings (SSSR count). The molecule has 2 aliphatic rings. The number of carbonyl (C=O) groups excluding carboxylic acids is 1. The number of nitro groups is 1. The molecule has 0 radical (unpaired) electrons. The van der Waals surface area contributed by atoms with Gasteiger partial charge >= 0.3 is 0 Å². The minimum Gasteiger partial charge on any atom is -0.353 e. The summed E-state index contributed by atoms with van der Waals surface area (Å²) in [4.78, 5) is 28.8. The van der Waals surface area contributed by atoms with Crippen LogP contribution in [0.2, 0.25) is 0 Å². The van der Waals surface area contributed by atoms with Gasteiger partial charge in [-0.25, -0.2) is 4.98 Å². The van der Waals surface area contributed by atoms with Gasteiger partial charge in [0.05, 0.1) is 5.69 Å². The van der Waals surface area contributed by atoms with Crippen LogP contribution in [0.1, 0.15) is 6.42 Å². The Labute approximate surface area is 126 Å². The van der Waals surface area contributed by atoms with E-state index in [0.717, 1.165) is 30.4 Å². The molecule has 0 spiro atoms. The van der Waals surface area contributed by atoms with E-state index in [2.05, 4.69) is 15.2 Å². The Hall–Kier alpha value is -1.83. The Balaban J connectivity index is 1.70. The number of aromatic nitrogens is 1. The van der Waals surface area contributed by atoms with Crippen LogP contribution < -0.4 is 10.2 Å². The van der Waals surface area contributed by atoms with Crippen molar-refractivity contribution in [2.45, 2.75) is 12.5 Å². The van der Waals surface area contributed by atoms with Gasteiger partial charge in [0.1, 0.15) is 5.92 Å². The van der Waals surface area contributed by atoms with E-state index in [-0.39, 0.29) is 10.8 Å². The number of amides is 1. The highest BCUT2D eigenvalue weighted by atomic mass is 32.2. The first-order chi connectivity index (χ1) is 10.2. The molecule has 1 aliphatic carbocycles. The van der Waals surface area contributed by atoms with Gasteiger partial charge in [0.2, 0.25) is 11.9 Å². The zero-order valence-electron chi connectivity index (χ0n) is 11.4. The van der Waals surface area contributed by atoms with Crippen molar-refractivity contribution in [1.29, 1.82) is 0 Å². The molecule has 1 aromatic rings. The summed E-state index contributed by atoms with van der Waals surface area (Å²) in [6.45, 7) is 1.79. The molecule has 0 unspecified atom stereocenters. The van der Waals surface area contributed by atoms with Gasteiger partial charge in [-0.15, -0.1) is 0 Å². The summed E-state index contributed by atoms with van der Waals surface area (Å²) in [7, 11) is 0. The third-order valence-corrected chi connectivity index (χ3v) is 4.66. The molecule has 1 saturated carbocycles. The Bertz CT molecular complexity index is 562. The van der Waals surface area contributed by atoms with Gasteiger partial charge in [-0.1, -0.05) is 0 Å². The highest BCUT2D eigenvalue weighted by molar-refractivity contribution is 7.99. The van der Waals surface area contributed by atoms with Crippen molar-refractivity contribution in [3.63, 3.8) is 0 Å². The standard InChI is InChI=1S/C13H16N4O3S/c18-13(9-8-11(9)17(19)20)15-10-2-1-3-14-12(10)16-4-6-21-7-5-16/h1-3,9,11H,4-8H2,(H,15,18)/t9-,11-/m1/s1. The van der Waals surface area contributed by atoms with Crippen LogP contribution in [-0.2, 0) is 4.79 Å². The number of carbonyl (C=O) groups is 1. The summed E-state index contributed by atoms with van der Waals surface area (Å²) in [6.07, 6.45) is 2.03. The van der Waals surface area contributed by atoms with Crippen molar-refractivity contribution in [1.82, 2.24) is 4.98 Å². The first-order valence-electron chi connectivity index (χ1n) is 6.89. The summed E-state index contributed by atoms with van der Waals surface area (Å²) in [5.74, 6) is 2.04. The molecule has 1 aromatic heterocycles. The largest absolute Gasteiger partial charge is 0.353 e. The van der Waals surface area contributed by atoms with Crippen LogP contribution in [0.25, 0.3) is 0 Å². The molecule has 1 N–H and O–H groups in total. The maximum absolute atomic E-state index is 12.1. The molecule has 1 saturated heterocycles. The fourth-order valence-electron chi connectivity index (χ4n) is 2.44. The number of anilines is 2. The van der Waals surface area contributed by atoms with Gasteiger partial charge < -0.3 is 10.2 Å². The van der Waals surface area contributed by atoms with Gasteiger partial charge in [-0.05, 0) is 12.1 Å². The van der Waals surface area contributed by atoms with Gasteiger partial charge in [0.25, 0.3) is 0 Å². The molecular formula is C13H16N4O3S. The Morgan fingerprint density at radius 3 is 2.90 bits per heavy atom. The van der Waals surface area contributed by atoms with E-state index in [9.17, 15) is 14.9 Å². The molecule has 7 nitrogen and oxygen atoms in total. The number of hydrogen-bond acceptors (Lipinski definition) is 6. The van der Waals surface area contributed by atoms with Crippen LogP contribution >= 0.6 is 11.8 Å². The first kappa shape index (κ1) is 14.1. The fourth-order valence-corrected chi connectivity index (χ4v) is 3.35. The van der Waals surface area contributed by atoms with Crippen LogP contribution in [0, 0.1) is 16.0 Å². The normalized spacial score (nSPS) is 24.5. The smallest absolute Gasteiger partial charge is 0.234 e. The minimum absolute atomic E-state index is 0.280. The topological polar surface area (TPSA) is 88.4 Å². The molecule has 2 heterocycles. The van der Waals surface area contributed by atoms with Crippen LogP contribution in [0.15, 0.2) is 18.3 Å². The zero-order valence-corrected chi connectivity index (χ0v) is 12.2. The van der Waals surface area contributed by atoms with E-state index >= 15 is 0 Å². The molecule has 1 aliphatic heterocycles. The number of nitrogens with zero attached hydrogens (tertiary/aromatic N) is 3. The van der Waals surface area contributed by atoms with Crippen molar-refractivity contribution in [2.24, 2.45) is 5.92 Å². The fraction of sp³-hybridized carbons (Fsp3) is 0.538. The predicted molar refractivity (Wildman–Crippen MR) is 81.3 cm³/mol. The minimum atomic E-state index is -0.725. The first-order valence-corrected chi connectivity index (χ1v) is 8.04. The monoisotopic (exact) mass is 308 g/mol. The third kappa shape index (κ3) is 3.10. The quantitative estimate of drug-likeness (QED) is 0.665. The molecule has 0 aromatic carbocycles. The van der Waals surface area contributed by atoms with Crippen molar-refractivity contribution in [3.05, 3.63) is 28.4 Å². The Morgan fingerprint density at radius 1 is 1.48 bits per heavy atom. The van der Waals surface area contributed by atoms with E-state index in [4.69, 9.17) is 0 Å². The summed E-state index contributed by atoms with van der Waals surface area (Å²) in [5.41, 5.74) is 0.642. The molecule has 2 fully saturated rings. The maximum atomic E-state index is 12.1. The molecule has 112 valence electrons. The molecular weight excluding hydrogens is 292 g/mol. The van der Waals surface area contributed by atoms with Gasteiger partial charge in [-0.3, -0.25) is 14.9 Å². The third-order valence-electron chi connectivity index (χ3n) is 3.72. The highest BCUT2D eigenvalue weighted by Gasteiger charge is 2.53. The maximum Gasteiger partial charge on any atom is 0.234 e. The van der Waals surface area contributed by atoms with Crippen LogP contribution in [-0.4, -0.2) is 46.5 Å². The van der Waals surface area contributed by atoms with E-state index in [1.807, 2.05) is 11.8 Å². The summed E-state index contributed by atoms with van der Waals surface area (Å²) < 4.78 is 0. The van der Waals surface area contributed by atoms with Crippen molar-refractivity contribution in [2.75, 3.05) is 34.8 Å². The van der Waals surface area contributed by atoms with E-state index in [1.54, 1.807) is 18.3 Å². The highest BCUT2D eigenvalue weighted by Crippen LogP contribution is 2.35. The van der Waals surface area contributed by atoms with Gasteiger partial charge in [-0.2, -0.15) is 11.8 Å². The summed E-state index contributed by atoms with van der Waals surface area (Å²) in [6, 6.07) is 2.83. The van der Waals surface area contributed by atoms with E-state index < -0.39 is 12.0 Å². The average Bonchev–Trinajstić information content (AvgIpc) is 3.29. The lowest BCUT2D eigenvalue weighted by Crippen LogP contribution is -2.34. The second kappa shape index (κ2) is 5.88. The number of hydrogen-bond donors (Lipinski definition) is 1. The molecule has 0 bridgehead atoms. The lowest BCUT2D eigenvalue weighted by Gasteiger charge is -2.29. The van der Waals surface area contributed by atoms with E-state index in [1.165, 1.54) is 0 Å². The molecule has 21 heavy (non-hydrogen) atoms. The Kier molecular flexibility index (Phi) is 3.96. The van der Waals surface area contributed by atoms with Crippen molar-refractivity contribution < 1.29 is 9.72 Å². The SMILES string of the molecule is O=C(Nc1cccnc1N1CCSCC1)[C@@H]1C[C@H]1[N+](=O)[O-]. The van der Waals surface area contributed by atoms with Crippen LogP contribution in [0.3, 0.4) is 0 Å². The second-order valence-corrected chi connectivity index (χ2v) is 6.38. The molecule has 1 amide bonds. The summed E-state index contributed by atoms with van der Waals surface area (Å²) in [5, 5.41) is 13.4. The van der Waals surface area contributed by atoms with Crippen LogP contribution in [0.5, 0.6) is 0 Å². The number of thioether (sulfide) groups is 1. The van der Waals surface area contributed by atoms with Crippen molar-refractivity contribution in [3.8, 4) is 0 Å². The second-order valence-electron chi connectivity index (χ2n) is 5.16. The number of nitrogens with one attached hydrogen (secondary N) is 1. The lowest BCUT2D eigenvalue weighted by atomic mass is 10.3. The lowest BCUT2D eigenvalue weighted by molar-refractivity contribution is -0.497. The number of pyridine rings is 1. The molecule has 8 heteroatoms. The Morgan fingerprint density at radius 2 is 2.24 bits per heavy atom. The zero-order chi connectivity index (χ0) is 14.8. The van der Waals surface area contributed by atoms with Gasteiger partial charge in [0, 0.05) is 42.1 Å². The summed E-state index contributed by atoms with van der Waals surface area (Å²) >= 11 is 1.90. The number of rotatable bonds is 4. The average molecular weight is 308 g/mol. The predicted octanol–water partition coefficient (Wildman–Crippen LogP) is 1.24. The van der Waals surface area contributed by atoms with Gasteiger partial charge in [0.15, 0.2) is 5.82 Å². The van der Waals surface area contributed by atoms with Crippen LogP contribution in [0.4, 0.5) is 11.5 Å². The molecule has 2 atom stereocenters. The van der Waals surface area contributed by atoms with E-state index in [0.29, 0.717) is 12.1 Å². The van der Waals surface area contributed by atoms with Crippen molar-refractivity contribution >= 4 is 29.2 Å².